The number of hydrogen-bond acceptors (Lipinski definition) is 3. The highest BCUT2D eigenvalue weighted by Gasteiger charge is 2.23. The molecule has 5 rings (SSSR count). The van der Waals surface area contributed by atoms with Gasteiger partial charge in [-0.15, -0.1) is 0 Å². The zero-order valence-electron chi connectivity index (χ0n) is 19.5. The molecule has 0 unspecified atom stereocenters. The molecule has 2 aromatic heterocycles. The molecule has 0 radical (unpaired) electrons. The van der Waals surface area contributed by atoms with Crippen LogP contribution in [0.3, 0.4) is 0 Å². The maximum absolute atomic E-state index is 14.0. The van der Waals surface area contributed by atoms with Gasteiger partial charge in [-0.3, -0.25) is 14.2 Å². The van der Waals surface area contributed by atoms with E-state index in [0.29, 0.717) is 18.7 Å². The summed E-state index contributed by atoms with van der Waals surface area (Å²) < 4.78 is 1.60. The first-order chi connectivity index (χ1) is 17.1. The Labute approximate surface area is 203 Å². The second-order valence-corrected chi connectivity index (χ2v) is 8.56. The number of benzene rings is 3. The zero-order chi connectivity index (χ0) is 24.2. The van der Waals surface area contributed by atoms with Gasteiger partial charge in [-0.1, -0.05) is 78.4 Å². The third kappa shape index (κ3) is 4.75. The van der Waals surface area contributed by atoms with Crippen LogP contribution in [0.25, 0.3) is 11.0 Å². The summed E-state index contributed by atoms with van der Waals surface area (Å²) in [5.74, 6) is -0.339. The van der Waals surface area contributed by atoms with Crippen molar-refractivity contribution >= 4 is 22.6 Å². The van der Waals surface area contributed by atoms with E-state index >= 15 is 0 Å². The Morgan fingerprint density at radius 2 is 1.51 bits per heavy atom. The third-order valence-electron chi connectivity index (χ3n) is 6.04. The number of aromatic nitrogens is 2. The Balaban J connectivity index is 1.63. The van der Waals surface area contributed by atoms with E-state index in [-0.39, 0.29) is 17.0 Å². The fourth-order valence-electron chi connectivity index (χ4n) is 4.18. The molecule has 172 valence electrons. The van der Waals surface area contributed by atoms with E-state index in [1.165, 1.54) is 0 Å². The van der Waals surface area contributed by atoms with Gasteiger partial charge >= 0.3 is 0 Å². The third-order valence-corrected chi connectivity index (χ3v) is 6.04. The van der Waals surface area contributed by atoms with E-state index in [1.807, 2.05) is 104 Å². The van der Waals surface area contributed by atoms with Crippen molar-refractivity contribution in [3.05, 3.63) is 142 Å². The van der Waals surface area contributed by atoms with Crippen molar-refractivity contribution < 1.29 is 4.79 Å². The normalized spacial score (nSPS) is 10.9. The summed E-state index contributed by atoms with van der Waals surface area (Å²) in [5.41, 5.74) is 4.16. The average molecular weight is 460 g/mol. The first-order valence-electron chi connectivity index (χ1n) is 11.5. The molecule has 0 aliphatic heterocycles. The van der Waals surface area contributed by atoms with Crippen molar-refractivity contribution in [2.45, 2.75) is 20.0 Å². The Morgan fingerprint density at radius 3 is 2.23 bits per heavy atom. The molecule has 0 fully saturated rings. The monoisotopic (exact) mass is 459 g/mol. The highest BCUT2D eigenvalue weighted by atomic mass is 16.2. The molecule has 2 heterocycles. The fourth-order valence-corrected chi connectivity index (χ4v) is 4.18. The van der Waals surface area contributed by atoms with Crippen molar-refractivity contribution in [1.29, 1.82) is 0 Å². The summed E-state index contributed by atoms with van der Waals surface area (Å²) in [6, 6.07) is 32.6. The number of aryl methyl sites for hydroxylation is 1. The van der Waals surface area contributed by atoms with E-state index in [0.717, 1.165) is 27.8 Å². The van der Waals surface area contributed by atoms with Crippen LogP contribution in [0.1, 0.15) is 27.0 Å². The van der Waals surface area contributed by atoms with Gasteiger partial charge in [-0.05, 0) is 48.4 Å². The van der Waals surface area contributed by atoms with Crippen LogP contribution in [0.5, 0.6) is 0 Å². The van der Waals surface area contributed by atoms with Gasteiger partial charge in [-0.2, -0.15) is 0 Å². The molecule has 0 N–H and O–H groups in total. The van der Waals surface area contributed by atoms with Crippen LogP contribution in [0.4, 0.5) is 5.69 Å². The van der Waals surface area contributed by atoms with Crippen molar-refractivity contribution in [3.8, 4) is 0 Å². The zero-order valence-corrected chi connectivity index (χ0v) is 19.5. The number of fused-ring (bicyclic) bond motifs is 1. The summed E-state index contributed by atoms with van der Waals surface area (Å²) in [7, 11) is 0. The van der Waals surface area contributed by atoms with Crippen LogP contribution < -0.4 is 10.5 Å². The van der Waals surface area contributed by atoms with Gasteiger partial charge in [0.1, 0.15) is 11.2 Å². The summed E-state index contributed by atoms with van der Waals surface area (Å²) in [6.07, 6.45) is 1.67. The van der Waals surface area contributed by atoms with E-state index in [9.17, 15) is 9.59 Å². The van der Waals surface area contributed by atoms with Gasteiger partial charge in [0.25, 0.3) is 11.5 Å². The van der Waals surface area contributed by atoms with Gasteiger partial charge in [0, 0.05) is 17.3 Å². The molecule has 5 heteroatoms. The Kier molecular flexibility index (Phi) is 6.22. The van der Waals surface area contributed by atoms with Crippen molar-refractivity contribution in [1.82, 2.24) is 9.55 Å². The number of anilines is 1. The molecule has 1 amide bonds. The lowest BCUT2D eigenvalue weighted by atomic mass is 10.1. The molecule has 0 atom stereocenters. The second kappa shape index (κ2) is 9.77. The first kappa shape index (κ1) is 22.3. The van der Waals surface area contributed by atoms with Gasteiger partial charge in [-0.25, -0.2) is 4.98 Å². The highest BCUT2D eigenvalue weighted by molar-refractivity contribution is 6.07. The second-order valence-electron chi connectivity index (χ2n) is 8.56. The Hall–Kier alpha value is -4.51. The molecule has 0 saturated heterocycles. The number of rotatable bonds is 6. The lowest BCUT2D eigenvalue weighted by Gasteiger charge is -2.23. The van der Waals surface area contributed by atoms with E-state index in [2.05, 4.69) is 4.98 Å². The van der Waals surface area contributed by atoms with Gasteiger partial charge in [0.05, 0.1) is 13.1 Å². The minimum Gasteiger partial charge on any atom is -0.304 e. The standard InChI is InChI=1S/C30H25N3O2/c1-22-14-16-24(17-15-22)21-33-28-25(11-8-18-31-28)19-27(30(33)35)29(34)32(26-12-6-3-7-13-26)20-23-9-4-2-5-10-23/h2-19H,20-21H2,1H3. The number of para-hydroxylation sites is 1. The van der Waals surface area contributed by atoms with Crippen LogP contribution >= 0.6 is 0 Å². The number of carbonyl (C=O) groups excluding carboxylic acids is 1. The summed E-state index contributed by atoms with van der Waals surface area (Å²) in [6.45, 7) is 2.71. The maximum atomic E-state index is 14.0. The van der Waals surface area contributed by atoms with Gasteiger partial charge < -0.3 is 4.90 Å². The Bertz CT molecular complexity index is 1530. The van der Waals surface area contributed by atoms with Crippen LogP contribution in [-0.2, 0) is 13.1 Å². The number of nitrogens with zero attached hydrogens (tertiary/aromatic N) is 3. The van der Waals surface area contributed by atoms with Gasteiger partial charge in [0.15, 0.2) is 0 Å². The molecule has 35 heavy (non-hydrogen) atoms. The summed E-state index contributed by atoms with van der Waals surface area (Å²) >= 11 is 0. The highest BCUT2D eigenvalue weighted by Crippen LogP contribution is 2.21. The quantitative estimate of drug-likeness (QED) is 0.332. The minimum atomic E-state index is -0.351. The summed E-state index contributed by atoms with van der Waals surface area (Å²) in [5, 5.41) is 0.746. The average Bonchev–Trinajstić information content (AvgIpc) is 2.90. The van der Waals surface area contributed by atoms with Crippen molar-refractivity contribution in [3.63, 3.8) is 0 Å². The number of carbonyl (C=O) groups is 1. The van der Waals surface area contributed by atoms with Crippen LogP contribution in [0.15, 0.2) is 114 Å². The number of amides is 1. The van der Waals surface area contributed by atoms with Crippen molar-refractivity contribution in [2.75, 3.05) is 4.90 Å². The topological polar surface area (TPSA) is 55.2 Å². The van der Waals surface area contributed by atoms with Crippen LogP contribution in [-0.4, -0.2) is 15.5 Å². The number of hydrogen-bond donors (Lipinski definition) is 0. The lowest BCUT2D eigenvalue weighted by Crippen LogP contribution is -2.37. The van der Waals surface area contributed by atoms with E-state index < -0.39 is 0 Å². The molecule has 0 bridgehead atoms. The molecular weight excluding hydrogens is 434 g/mol. The molecule has 0 aliphatic rings. The molecule has 0 spiro atoms. The van der Waals surface area contributed by atoms with Gasteiger partial charge in [0.2, 0.25) is 0 Å². The molecule has 0 aliphatic carbocycles. The fraction of sp³-hybridized carbons (Fsp3) is 0.100. The first-order valence-corrected chi connectivity index (χ1v) is 11.5. The molecule has 5 nitrogen and oxygen atoms in total. The van der Waals surface area contributed by atoms with E-state index in [4.69, 9.17) is 0 Å². The van der Waals surface area contributed by atoms with E-state index in [1.54, 1.807) is 21.7 Å². The lowest BCUT2D eigenvalue weighted by molar-refractivity contribution is 0.0983. The smallest absolute Gasteiger partial charge is 0.265 e. The minimum absolute atomic E-state index is 0.123. The maximum Gasteiger partial charge on any atom is 0.265 e. The molecule has 0 saturated carbocycles. The predicted molar refractivity (Wildman–Crippen MR) is 140 cm³/mol. The molecule has 3 aromatic carbocycles. The van der Waals surface area contributed by atoms with Crippen molar-refractivity contribution in [2.24, 2.45) is 0 Å². The number of pyridine rings is 2. The molecule has 5 aromatic rings. The molecular formula is C30H25N3O2. The SMILES string of the molecule is Cc1ccc(Cn2c(=O)c(C(=O)N(Cc3ccccc3)c3ccccc3)cc3cccnc32)cc1. The summed E-state index contributed by atoms with van der Waals surface area (Å²) in [4.78, 5) is 33.8. The van der Waals surface area contributed by atoms with Crippen LogP contribution in [0.2, 0.25) is 0 Å². The largest absolute Gasteiger partial charge is 0.304 e. The predicted octanol–water partition coefficient (Wildman–Crippen LogP) is 5.60. The van der Waals surface area contributed by atoms with Crippen LogP contribution in [0, 0.1) is 6.92 Å². The Morgan fingerprint density at radius 1 is 0.829 bits per heavy atom.